The van der Waals surface area contributed by atoms with Gasteiger partial charge in [-0.15, -0.1) is 0 Å². The highest BCUT2D eigenvalue weighted by Gasteiger charge is 2.22. The molecule has 0 atom stereocenters. The minimum atomic E-state index is 0.568. The normalized spacial score (nSPS) is 11.6. The van der Waals surface area contributed by atoms with Gasteiger partial charge in [0.15, 0.2) is 0 Å². The Bertz CT molecular complexity index is 3400. The molecule has 0 spiro atoms. The van der Waals surface area contributed by atoms with Crippen LogP contribution in [0.5, 0.6) is 0 Å². The standard InChI is InChI=1S/C50H29N5/c51-30-33-12-10-23-45(55-43-21-7-3-16-38(43)39-18-9-13-34(31-52)50(39)55)48(33)32-26-28-35(29-27-32)53-44-22-8-4-17-40(44)49-46(53)24-11-25-47(49)54-41-19-5-1-14-36(41)37-15-2-6-20-42(37)54/h1-29H. The van der Waals surface area contributed by atoms with Gasteiger partial charge >= 0.3 is 0 Å². The number of aromatic nitrogens is 3. The predicted octanol–water partition coefficient (Wildman–Crippen LogP) is 12.4. The number of nitrogens with zero attached hydrogens (tertiary/aromatic N) is 5. The molecule has 0 aliphatic rings. The van der Waals surface area contributed by atoms with E-state index in [0.717, 1.165) is 61.0 Å². The summed E-state index contributed by atoms with van der Waals surface area (Å²) in [5.74, 6) is 0. The van der Waals surface area contributed by atoms with Crippen molar-refractivity contribution < 1.29 is 0 Å². The minimum Gasteiger partial charge on any atom is -0.309 e. The minimum absolute atomic E-state index is 0.568. The van der Waals surface area contributed by atoms with Crippen LogP contribution < -0.4 is 0 Å². The Balaban J connectivity index is 1.13. The lowest BCUT2D eigenvalue weighted by atomic mass is 9.97. The van der Waals surface area contributed by atoms with Crippen LogP contribution in [0.2, 0.25) is 0 Å². The molecule has 3 heterocycles. The molecule has 55 heavy (non-hydrogen) atoms. The van der Waals surface area contributed by atoms with E-state index < -0.39 is 0 Å². The van der Waals surface area contributed by atoms with Crippen LogP contribution in [0.3, 0.4) is 0 Å². The quantitative estimate of drug-likeness (QED) is 0.184. The molecule has 0 N–H and O–H groups in total. The van der Waals surface area contributed by atoms with Gasteiger partial charge in [-0.3, -0.25) is 0 Å². The zero-order valence-corrected chi connectivity index (χ0v) is 29.5. The molecule has 0 saturated heterocycles. The summed E-state index contributed by atoms with van der Waals surface area (Å²) in [5.41, 5.74) is 12.3. The molecule has 5 nitrogen and oxygen atoms in total. The van der Waals surface area contributed by atoms with Crippen LogP contribution in [-0.2, 0) is 0 Å². The fraction of sp³-hybridized carbons (Fsp3) is 0. The van der Waals surface area contributed by atoms with Crippen LogP contribution in [0.15, 0.2) is 176 Å². The molecule has 0 saturated carbocycles. The maximum Gasteiger partial charge on any atom is 0.101 e. The van der Waals surface area contributed by atoms with E-state index in [0.29, 0.717) is 11.1 Å². The molecule has 5 heteroatoms. The fourth-order valence-corrected chi connectivity index (χ4v) is 8.91. The van der Waals surface area contributed by atoms with Gasteiger partial charge in [-0.25, -0.2) is 0 Å². The maximum absolute atomic E-state index is 10.5. The summed E-state index contributed by atoms with van der Waals surface area (Å²) in [6, 6.07) is 65.8. The maximum atomic E-state index is 10.5. The molecule has 8 aromatic carbocycles. The fourth-order valence-electron chi connectivity index (χ4n) is 8.91. The van der Waals surface area contributed by atoms with Crippen LogP contribution >= 0.6 is 0 Å². The van der Waals surface area contributed by atoms with Crippen molar-refractivity contribution in [1.82, 2.24) is 13.7 Å². The van der Waals surface area contributed by atoms with Crippen LogP contribution in [0, 0.1) is 22.7 Å². The average molecular weight is 700 g/mol. The first-order valence-electron chi connectivity index (χ1n) is 18.3. The Kier molecular flexibility index (Phi) is 6.61. The molecule has 0 aliphatic heterocycles. The van der Waals surface area contributed by atoms with Gasteiger partial charge < -0.3 is 13.7 Å². The number of hydrogen-bond acceptors (Lipinski definition) is 2. The summed E-state index contributed by atoms with van der Waals surface area (Å²) in [6.07, 6.45) is 0. The topological polar surface area (TPSA) is 62.4 Å². The first kappa shape index (κ1) is 30.7. The average Bonchev–Trinajstić information content (AvgIpc) is 3.89. The summed E-state index contributed by atoms with van der Waals surface area (Å²) in [6.45, 7) is 0. The Morgan fingerprint density at radius 1 is 0.345 bits per heavy atom. The van der Waals surface area contributed by atoms with Crippen LogP contribution in [-0.4, -0.2) is 13.7 Å². The van der Waals surface area contributed by atoms with Crippen LogP contribution in [0.25, 0.3) is 93.6 Å². The zero-order chi connectivity index (χ0) is 36.6. The van der Waals surface area contributed by atoms with Gasteiger partial charge in [-0.05, 0) is 72.3 Å². The molecular weight excluding hydrogens is 671 g/mol. The van der Waals surface area contributed by atoms with Gasteiger partial charge in [0.25, 0.3) is 0 Å². The second kappa shape index (κ2) is 11.8. The number of benzene rings is 8. The van der Waals surface area contributed by atoms with E-state index in [4.69, 9.17) is 0 Å². The molecule has 0 radical (unpaired) electrons. The zero-order valence-electron chi connectivity index (χ0n) is 29.5. The Hall–Kier alpha value is -7.86. The van der Waals surface area contributed by atoms with Crippen molar-refractivity contribution >= 4 is 65.4 Å². The first-order chi connectivity index (χ1) is 27.2. The SMILES string of the molecule is N#Cc1cccc(-n2c3ccccc3c3cccc(C#N)c32)c1-c1ccc(-n2c3ccccc3c3c(-n4c5ccccc5c5ccccc54)cccc32)cc1. The highest BCUT2D eigenvalue weighted by molar-refractivity contribution is 6.16. The predicted molar refractivity (Wildman–Crippen MR) is 224 cm³/mol. The molecule has 3 aromatic heterocycles. The van der Waals surface area contributed by atoms with E-state index in [-0.39, 0.29) is 0 Å². The molecule has 0 aliphatic carbocycles. The van der Waals surface area contributed by atoms with Crippen molar-refractivity contribution in [2.45, 2.75) is 0 Å². The third kappa shape index (κ3) is 4.33. The van der Waals surface area contributed by atoms with Gasteiger partial charge in [0.2, 0.25) is 0 Å². The van der Waals surface area contributed by atoms with Crippen LogP contribution in [0.1, 0.15) is 11.1 Å². The lowest BCUT2D eigenvalue weighted by molar-refractivity contribution is 1.16. The largest absolute Gasteiger partial charge is 0.309 e. The highest BCUT2D eigenvalue weighted by Crippen LogP contribution is 2.42. The number of hydrogen-bond donors (Lipinski definition) is 0. The summed E-state index contributed by atoms with van der Waals surface area (Å²) in [5, 5.41) is 27.6. The number of para-hydroxylation sites is 5. The van der Waals surface area contributed by atoms with Crippen molar-refractivity contribution in [3.05, 3.63) is 187 Å². The van der Waals surface area contributed by atoms with E-state index in [1.807, 2.05) is 42.5 Å². The van der Waals surface area contributed by atoms with Crippen molar-refractivity contribution in [3.63, 3.8) is 0 Å². The molecule has 0 fully saturated rings. The summed E-state index contributed by atoms with van der Waals surface area (Å²) in [7, 11) is 0. The molecule has 0 amide bonds. The molecule has 11 aromatic rings. The van der Waals surface area contributed by atoms with Crippen molar-refractivity contribution in [1.29, 1.82) is 10.5 Å². The van der Waals surface area contributed by atoms with Gasteiger partial charge in [0.05, 0.1) is 61.7 Å². The molecule has 0 bridgehead atoms. The summed E-state index contributed by atoms with van der Waals surface area (Å²) >= 11 is 0. The summed E-state index contributed by atoms with van der Waals surface area (Å²) in [4.78, 5) is 0. The molecule has 254 valence electrons. The monoisotopic (exact) mass is 699 g/mol. The first-order valence-corrected chi connectivity index (χ1v) is 18.3. The lowest BCUT2D eigenvalue weighted by Gasteiger charge is -2.17. The van der Waals surface area contributed by atoms with E-state index in [1.165, 1.54) is 32.6 Å². The summed E-state index contributed by atoms with van der Waals surface area (Å²) < 4.78 is 6.89. The van der Waals surface area contributed by atoms with E-state index >= 15 is 0 Å². The lowest BCUT2D eigenvalue weighted by Crippen LogP contribution is -2.01. The second-order valence-electron chi connectivity index (χ2n) is 13.9. The van der Waals surface area contributed by atoms with Gasteiger partial charge in [-0.2, -0.15) is 10.5 Å². The molecule has 11 rings (SSSR count). The van der Waals surface area contributed by atoms with Gasteiger partial charge in [0, 0.05) is 43.6 Å². The molecule has 0 unspecified atom stereocenters. The van der Waals surface area contributed by atoms with Crippen molar-refractivity contribution in [2.75, 3.05) is 0 Å². The number of fused-ring (bicyclic) bond motifs is 9. The number of rotatable bonds is 4. The van der Waals surface area contributed by atoms with Crippen molar-refractivity contribution in [3.8, 4) is 40.3 Å². The van der Waals surface area contributed by atoms with Crippen LogP contribution in [0.4, 0.5) is 0 Å². The van der Waals surface area contributed by atoms with Crippen molar-refractivity contribution in [2.24, 2.45) is 0 Å². The Labute approximate surface area is 316 Å². The molecular formula is C50H29N5. The van der Waals surface area contributed by atoms with E-state index in [2.05, 4.69) is 159 Å². The number of nitriles is 2. The Morgan fingerprint density at radius 2 is 0.818 bits per heavy atom. The second-order valence-corrected chi connectivity index (χ2v) is 13.9. The van der Waals surface area contributed by atoms with E-state index in [9.17, 15) is 10.5 Å². The van der Waals surface area contributed by atoms with E-state index in [1.54, 1.807) is 0 Å². The Morgan fingerprint density at radius 3 is 1.47 bits per heavy atom. The smallest absolute Gasteiger partial charge is 0.101 e. The van der Waals surface area contributed by atoms with Gasteiger partial charge in [0.1, 0.15) is 6.07 Å². The third-order valence-electron chi connectivity index (χ3n) is 11.1. The highest BCUT2D eigenvalue weighted by atomic mass is 15.0. The van der Waals surface area contributed by atoms with Gasteiger partial charge in [-0.1, -0.05) is 109 Å². The third-order valence-corrected chi connectivity index (χ3v) is 11.1.